The minimum atomic E-state index is 0.571. The van der Waals surface area contributed by atoms with Gasteiger partial charge in [-0.3, -0.25) is 0 Å². The van der Waals surface area contributed by atoms with Crippen LogP contribution in [0.2, 0.25) is 0 Å². The molecule has 0 bridgehead atoms. The maximum Gasteiger partial charge on any atom is 0.167 e. The van der Waals surface area contributed by atoms with Crippen LogP contribution >= 0.6 is 0 Å². The highest BCUT2D eigenvalue weighted by Crippen LogP contribution is 2.38. The van der Waals surface area contributed by atoms with Crippen LogP contribution in [-0.2, 0) is 0 Å². The lowest BCUT2D eigenvalue weighted by atomic mass is 9.64. The average molecular weight is 723 g/mol. The van der Waals surface area contributed by atoms with Crippen molar-refractivity contribution in [2.24, 2.45) is 0 Å². The number of fused-ring (bicyclic) bond motifs is 6. The van der Waals surface area contributed by atoms with Gasteiger partial charge in [0.25, 0.3) is 0 Å². The molecule has 3 aromatic heterocycles. The molecule has 10 rings (SSSR count). The van der Waals surface area contributed by atoms with Gasteiger partial charge < -0.3 is 8.98 Å². The number of nitrogens with zero attached hydrogens (tertiary/aromatic N) is 4. The number of hydrogen-bond acceptors (Lipinski definition) is 4. The molecule has 0 saturated carbocycles. The summed E-state index contributed by atoms with van der Waals surface area (Å²) in [6, 6.07) is 43.9. The quantitative estimate of drug-likeness (QED) is 0.222. The van der Waals surface area contributed by atoms with E-state index in [0.717, 1.165) is 44.3 Å². The molecule has 0 aliphatic carbocycles. The van der Waals surface area contributed by atoms with Crippen LogP contribution in [0.25, 0.3) is 94.7 Å². The highest BCUT2D eigenvalue weighted by molar-refractivity contribution is 6.69. The Bertz CT molecular complexity index is 3200. The predicted octanol–water partition coefficient (Wildman–Crippen LogP) is -0.655. The molecule has 0 unspecified atom stereocenters. The molecule has 0 saturated heterocycles. The van der Waals surface area contributed by atoms with Crippen LogP contribution in [0.5, 0.6) is 0 Å². The van der Waals surface area contributed by atoms with Crippen molar-refractivity contribution in [2.75, 3.05) is 0 Å². The molecule has 7 aromatic carbocycles. The molecule has 0 amide bonds. The largest absolute Gasteiger partial charge is 0.455 e. The Morgan fingerprint density at radius 3 is 1.56 bits per heavy atom. The summed E-state index contributed by atoms with van der Waals surface area (Å²) in [4.78, 5) is 15.0. The summed E-state index contributed by atoms with van der Waals surface area (Å²) in [5.74, 6) is 1.81. The van der Waals surface area contributed by atoms with Crippen molar-refractivity contribution in [3.8, 4) is 51.0 Å². The molecule has 57 heavy (non-hydrogen) atoms. The molecule has 5 nitrogen and oxygen atoms in total. The molecule has 0 aliphatic heterocycles. The summed E-state index contributed by atoms with van der Waals surface area (Å²) in [7, 11) is 16.0. The molecule has 0 atom stereocenters. The van der Waals surface area contributed by atoms with E-state index in [1.54, 1.807) is 0 Å². The van der Waals surface area contributed by atoms with Crippen LogP contribution in [0.15, 0.2) is 132 Å². The van der Waals surface area contributed by atoms with Gasteiger partial charge in [0.2, 0.25) is 0 Å². The number of hydrogen-bond donors (Lipinski definition) is 0. The summed E-state index contributed by atoms with van der Waals surface area (Å²) in [6.07, 6.45) is 0. The number of aromatic nitrogens is 4. The zero-order valence-electron chi connectivity index (χ0n) is 33.3. The van der Waals surface area contributed by atoms with E-state index in [4.69, 9.17) is 19.4 Å². The first-order valence-corrected chi connectivity index (χ1v) is 19.6. The smallest absolute Gasteiger partial charge is 0.167 e. The van der Waals surface area contributed by atoms with E-state index in [0.29, 0.717) is 17.5 Å². The average Bonchev–Trinajstić information content (AvgIpc) is 3.82. The Labute approximate surface area is 337 Å². The van der Waals surface area contributed by atoms with E-state index in [1.165, 1.54) is 71.2 Å². The van der Waals surface area contributed by atoms with Gasteiger partial charge in [-0.15, -0.1) is 5.46 Å². The molecule has 10 aromatic rings. The predicted molar refractivity (Wildman–Crippen MR) is 260 cm³/mol. The van der Waals surface area contributed by atoms with E-state index in [-0.39, 0.29) is 0 Å². The van der Waals surface area contributed by atoms with Crippen LogP contribution in [0.4, 0.5) is 0 Å². The highest BCUT2D eigenvalue weighted by atomic mass is 16.3. The maximum absolute atomic E-state index is 6.78. The van der Waals surface area contributed by atoms with Gasteiger partial charge in [-0.05, 0) is 46.2 Å². The van der Waals surface area contributed by atoms with Crippen molar-refractivity contribution in [3.05, 3.63) is 127 Å². The van der Waals surface area contributed by atoms with Crippen LogP contribution in [0, 0.1) is 0 Å². The standard InChI is InChI=1S/C45H35B7N4O/c46-33-30(22-11-4-1-5-12-22)36(49)40-31(34(33)47)32-35(48)37(50)38(51)39(52)41(32)56(40)25-19-20-29-28(21-25)26-17-10-18-27(42(26)57-29)45-54-43(23-13-6-2-7-14-23)53-44(55-45)24-15-8-3-9-16-24/h1-21H,46-52H2. The number of furan rings is 1. The number of para-hydroxylation sites is 1. The zero-order chi connectivity index (χ0) is 39.1. The third-order valence-electron chi connectivity index (χ3n) is 12.4. The van der Waals surface area contributed by atoms with Crippen LogP contribution in [0.1, 0.15) is 0 Å². The summed E-state index contributed by atoms with van der Waals surface area (Å²) >= 11 is 0. The first-order valence-electron chi connectivity index (χ1n) is 19.6. The maximum atomic E-state index is 6.78. The van der Waals surface area contributed by atoms with Gasteiger partial charge in [-0.1, -0.05) is 136 Å². The Morgan fingerprint density at radius 2 is 0.947 bits per heavy atom. The van der Waals surface area contributed by atoms with E-state index in [2.05, 4.69) is 120 Å². The SMILES string of the molecule is Bc1c(B)c(B)c2c(c1B)c1c(B)c(B)c(-c3ccccc3)c(B)c1n2-c1ccc2oc3c(-c4nc(-c5ccccc5)nc(-c5ccccc5)n4)cccc3c2c1. The molecule has 0 spiro atoms. The fourth-order valence-corrected chi connectivity index (χ4v) is 9.04. The summed E-state index contributed by atoms with van der Waals surface area (Å²) < 4.78 is 9.31. The summed E-state index contributed by atoms with van der Waals surface area (Å²) in [5.41, 5.74) is 19.7. The topological polar surface area (TPSA) is 56.7 Å². The fraction of sp³-hybridized carbons (Fsp3) is 0. The van der Waals surface area contributed by atoms with Crippen LogP contribution in [0.3, 0.4) is 0 Å². The molecule has 12 heteroatoms. The Kier molecular flexibility index (Phi) is 8.22. The van der Waals surface area contributed by atoms with Crippen molar-refractivity contribution in [2.45, 2.75) is 0 Å². The molecule has 3 heterocycles. The molecular weight excluding hydrogens is 688 g/mol. The molecule has 0 fully saturated rings. The van der Waals surface area contributed by atoms with Crippen molar-refractivity contribution in [3.63, 3.8) is 0 Å². The fourth-order valence-electron chi connectivity index (χ4n) is 9.04. The second-order valence-electron chi connectivity index (χ2n) is 15.4. The van der Waals surface area contributed by atoms with Crippen molar-refractivity contribution < 1.29 is 4.42 Å². The second-order valence-corrected chi connectivity index (χ2v) is 15.4. The van der Waals surface area contributed by atoms with Gasteiger partial charge in [0, 0.05) is 38.6 Å². The first-order chi connectivity index (χ1) is 27.7. The molecule has 0 aliphatic rings. The van der Waals surface area contributed by atoms with Crippen molar-refractivity contribution in [1.29, 1.82) is 0 Å². The van der Waals surface area contributed by atoms with Gasteiger partial charge in [-0.2, -0.15) is 0 Å². The first kappa shape index (κ1) is 35.0. The van der Waals surface area contributed by atoms with Gasteiger partial charge in [-0.25, -0.2) is 15.0 Å². The summed E-state index contributed by atoms with van der Waals surface area (Å²) in [6.45, 7) is 0. The lowest BCUT2D eigenvalue weighted by molar-refractivity contribution is 0.669. The molecular formula is C45H35B7N4O. The molecule has 0 radical (unpaired) electrons. The third-order valence-corrected chi connectivity index (χ3v) is 12.4. The number of rotatable bonds is 5. The molecule has 262 valence electrons. The summed E-state index contributed by atoms with van der Waals surface area (Å²) in [5, 5.41) is 4.73. The molecule has 0 N–H and O–H groups in total. The van der Waals surface area contributed by atoms with Gasteiger partial charge in [0.1, 0.15) is 66.1 Å². The van der Waals surface area contributed by atoms with E-state index in [9.17, 15) is 0 Å². The van der Waals surface area contributed by atoms with Gasteiger partial charge >= 0.3 is 0 Å². The van der Waals surface area contributed by atoms with E-state index >= 15 is 0 Å². The minimum Gasteiger partial charge on any atom is -0.455 e. The highest BCUT2D eigenvalue weighted by Gasteiger charge is 2.25. The van der Waals surface area contributed by atoms with E-state index < -0.39 is 0 Å². The zero-order valence-corrected chi connectivity index (χ0v) is 33.3. The van der Waals surface area contributed by atoms with Crippen molar-refractivity contribution in [1.82, 2.24) is 19.5 Å². The van der Waals surface area contributed by atoms with Gasteiger partial charge in [0.05, 0.1) is 5.56 Å². The van der Waals surface area contributed by atoms with Gasteiger partial charge in [0.15, 0.2) is 17.5 Å². The lowest BCUT2D eigenvalue weighted by Gasteiger charge is -2.19. The van der Waals surface area contributed by atoms with Crippen LogP contribution in [-0.4, -0.2) is 74.4 Å². The lowest BCUT2D eigenvalue weighted by Crippen LogP contribution is -2.48. The number of benzene rings is 7. The monoisotopic (exact) mass is 724 g/mol. The Morgan fingerprint density at radius 1 is 0.421 bits per heavy atom. The van der Waals surface area contributed by atoms with Crippen molar-refractivity contribution >= 4 is 137 Å². The minimum absolute atomic E-state index is 0.571. The van der Waals surface area contributed by atoms with E-state index in [1.807, 2.05) is 66.7 Å². The third kappa shape index (κ3) is 5.38. The second kappa shape index (κ2) is 13.4. The Hall–Kier alpha value is -6.40. The normalized spacial score (nSPS) is 11.6. The Balaban J connectivity index is 1.25. The van der Waals surface area contributed by atoms with Crippen LogP contribution < -0.4 is 38.2 Å².